The van der Waals surface area contributed by atoms with Crippen molar-refractivity contribution in [3.05, 3.63) is 83.2 Å². The molecule has 1 aliphatic rings. The molecule has 0 radical (unpaired) electrons. The third-order valence-electron chi connectivity index (χ3n) is 5.94. The fourth-order valence-corrected chi connectivity index (χ4v) is 4.42. The summed E-state index contributed by atoms with van der Waals surface area (Å²) in [6, 6.07) is 17.7. The Morgan fingerprint density at radius 3 is 2.62 bits per heavy atom. The van der Waals surface area contributed by atoms with Gasteiger partial charge in [0.15, 0.2) is 0 Å². The molecule has 0 aliphatic heterocycles. The molecule has 29 heavy (non-hydrogen) atoms. The number of carbonyl (C=O) groups is 1. The van der Waals surface area contributed by atoms with E-state index in [1.54, 1.807) is 0 Å². The Morgan fingerprint density at radius 1 is 1.10 bits per heavy atom. The Labute approximate surface area is 172 Å². The van der Waals surface area contributed by atoms with E-state index in [0.717, 1.165) is 41.8 Å². The number of hydrogen-bond donors (Lipinski definition) is 2. The van der Waals surface area contributed by atoms with Gasteiger partial charge in [0.1, 0.15) is 0 Å². The van der Waals surface area contributed by atoms with Gasteiger partial charge in [0, 0.05) is 29.1 Å². The normalized spacial score (nSPS) is 16.7. The zero-order chi connectivity index (χ0) is 20.4. The number of rotatable bonds is 4. The molecule has 0 fully saturated rings. The SMILES string of the molecule is Cc1ccnc(C)c1-c1ccc(NC(=O)C(N)[C@H]2CCCc3ccccc32)cc1. The summed E-state index contributed by atoms with van der Waals surface area (Å²) in [5.74, 6) is -0.0619. The summed E-state index contributed by atoms with van der Waals surface area (Å²) in [5.41, 5.74) is 14.1. The largest absolute Gasteiger partial charge is 0.325 e. The quantitative estimate of drug-likeness (QED) is 0.681. The van der Waals surface area contributed by atoms with Gasteiger partial charge >= 0.3 is 0 Å². The molecule has 3 aromatic rings. The van der Waals surface area contributed by atoms with Crippen LogP contribution in [0, 0.1) is 13.8 Å². The summed E-state index contributed by atoms with van der Waals surface area (Å²) in [7, 11) is 0. The number of nitrogens with zero attached hydrogens (tertiary/aromatic N) is 1. The van der Waals surface area contributed by atoms with E-state index < -0.39 is 6.04 Å². The fraction of sp³-hybridized carbons (Fsp3) is 0.280. The number of aromatic nitrogens is 1. The number of aryl methyl sites for hydroxylation is 3. The van der Waals surface area contributed by atoms with Crippen molar-refractivity contribution in [2.75, 3.05) is 5.32 Å². The number of hydrogen-bond acceptors (Lipinski definition) is 3. The minimum absolute atomic E-state index is 0.0694. The van der Waals surface area contributed by atoms with E-state index in [2.05, 4.69) is 35.4 Å². The van der Waals surface area contributed by atoms with E-state index in [-0.39, 0.29) is 11.8 Å². The van der Waals surface area contributed by atoms with Crippen molar-refractivity contribution >= 4 is 11.6 Å². The molecule has 0 bridgehead atoms. The number of anilines is 1. The molecule has 1 unspecified atom stereocenters. The highest BCUT2D eigenvalue weighted by molar-refractivity contribution is 5.95. The number of carbonyl (C=O) groups excluding carboxylic acids is 1. The van der Waals surface area contributed by atoms with Crippen LogP contribution in [0.15, 0.2) is 60.8 Å². The predicted octanol–water partition coefficient (Wildman–Crippen LogP) is 4.75. The van der Waals surface area contributed by atoms with Gasteiger partial charge in [0.2, 0.25) is 5.91 Å². The third kappa shape index (κ3) is 3.94. The van der Waals surface area contributed by atoms with Gasteiger partial charge in [0.05, 0.1) is 6.04 Å². The fourth-order valence-electron chi connectivity index (χ4n) is 4.42. The molecule has 148 valence electrons. The van der Waals surface area contributed by atoms with Gasteiger partial charge in [-0.25, -0.2) is 0 Å². The minimum Gasteiger partial charge on any atom is -0.325 e. The van der Waals surface area contributed by atoms with Crippen LogP contribution in [0.2, 0.25) is 0 Å². The summed E-state index contributed by atoms with van der Waals surface area (Å²) < 4.78 is 0. The highest BCUT2D eigenvalue weighted by Crippen LogP contribution is 2.34. The first kappa shape index (κ1) is 19.3. The van der Waals surface area contributed by atoms with Gasteiger partial charge in [-0.2, -0.15) is 0 Å². The van der Waals surface area contributed by atoms with E-state index in [1.165, 1.54) is 16.7 Å². The highest BCUT2D eigenvalue weighted by atomic mass is 16.2. The summed E-state index contributed by atoms with van der Waals surface area (Å²) in [4.78, 5) is 17.2. The molecule has 0 saturated carbocycles. The minimum atomic E-state index is -0.557. The molecule has 1 aromatic heterocycles. The molecular formula is C25H27N3O. The lowest BCUT2D eigenvalue weighted by Gasteiger charge is -2.29. The van der Waals surface area contributed by atoms with Gasteiger partial charge < -0.3 is 11.1 Å². The summed E-state index contributed by atoms with van der Waals surface area (Å²) in [6.45, 7) is 4.10. The maximum absolute atomic E-state index is 12.8. The molecule has 4 heteroatoms. The van der Waals surface area contributed by atoms with Crippen LogP contribution in [0.5, 0.6) is 0 Å². The van der Waals surface area contributed by atoms with Crippen LogP contribution in [0.3, 0.4) is 0 Å². The van der Waals surface area contributed by atoms with Crippen LogP contribution < -0.4 is 11.1 Å². The molecule has 2 aromatic carbocycles. The van der Waals surface area contributed by atoms with Gasteiger partial charge in [-0.05, 0) is 73.6 Å². The molecule has 1 aliphatic carbocycles. The zero-order valence-electron chi connectivity index (χ0n) is 17.0. The predicted molar refractivity (Wildman–Crippen MR) is 118 cm³/mol. The smallest absolute Gasteiger partial charge is 0.241 e. The van der Waals surface area contributed by atoms with Gasteiger partial charge in [0.25, 0.3) is 0 Å². The van der Waals surface area contributed by atoms with E-state index in [0.29, 0.717) is 0 Å². The van der Waals surface area contributed by atoms with Gasteiger partial charge in [-0.1, -0.05) is 36.4 Å². The first-order valence-corrected chi connectivity index (χ1v) is 10.2. The van der Waals surface area contributed by atoms with Crippen LogP contribution >= 0.6 is 0 Å². The number of benzene rings is 2. The first-order valence-electron chi connectivity index (χ1n) is 10.2. The molecular weight excluding hydrogens is 358 g/mol. The van der Waals surface area contributed by atoms with Crippen LogP contribution in [-0.2, 0) is 11.2 Å². The second-order valence-corrected chi connectivity index (χ2v) is 7.88. The molecule has 4 rings (SSSR count). The standard InChI is InChI=1S/C25H27N3O/c1-16-14-15-27-17(2)23(16)19-10-12-20(13-11-19)28-25(29)24(26)22-9-5-7-18-6-3-4-8-21(18)22/h3-4,6,8,10-15,22,24H,5,7,9,26H2,1-2H3,(H,28,29)/t22-,24?/m0/s1. The summed E-state index contributed by atoms with van der Waals surface area (Å²) in [5, 5.41) is 3.00. The average Bonchev–Trinajstić information content (AvgIpc) is 2.74. The third-order valence-corrected chi connectivity index (χ3v) is 5.94. The van der Waals surface area contributed by atoms with Crippen LogP contribution in [0.4, 0.5) is 5.69 Å². The number of pyridine rings is 1. The molecule has 3 N–H and O–H groups in total. The number of nitrogens with one attached hydrogen (secondary N) is 1. The zero-order valence-corrected chi connectivity index (χ0v) is 17.0. The van der Waals surface area contributed by atoms with Crippen molar-refractivity contribution in [2.45, 2.75) is 45.1 Å². The summed E-state index contributed by atoms with van der Waals surface area (Å²) in [6.07, 6.45) is 4.91. The van der Waals surface area contributed by atoms with Crippen molar-refractivity contribution in [3.63, 3.8) is 0 Å². The lowest BCUT2D eigenvalue weighted by atomic mass is 9.79. The highest BCUT2D eigenvalue weighted by Gasteiger charge is 2.29. The molecule has 0 spiro atoms. The Hall–Kier alpha value is -2.98. The van der Waals surface area contributed by atoms with Crippen molar-refractivity contribution in [1.29, 1.82) is 0 Å². The van der Waals surface area contributed by atoms with Crippen molar-refractivity contribution in [3.8, 4) is 11.1 Å². The van der Waals surface area contributed by atoms with E-state index in [4.69, 9.17) is 5.73 Å². The Kier molecular flexibility index (Phi) is 5.45. The summed E-state index contributed by atoms with van der Waals surface area (Å²) >= 11 is 0. The van der Waals surface area contributed by atoms with Crippen molar-refractivity contribution in [1.82, 2.24) is 4.98 Å². The van der Waals surface area contributed by atoms with E-state index >= 15 is 0 Å². The molecule has 1 heterocycles. The van der Waals surface area contributed by atoms with Crippen molar-refractivity contribution in [2.24, 2.45) is 5.73 Å². The molecule has 4 nitrogen and oxygen atoms in total. The van der Waals surface area contributed by atoms with Crippen LogP contribution in [-0.4, -0.2) is 16.9 Å². The topological polar surface area (TPSA) is 68.0 Å². The van der Waals surface area contributed by atoms with Crippen molar-refractivity contribution < 1.29 is 4.79 Å². The monoisotopic (exact) mass is 385 g/mol. The average molecular weight is 386 g/mol. The van der Waals surface area contributed by atoms with E-state index in [1.807, 2.05) is 49.5 Å². The Morgan fingerprint density at radius 2 is 1.86 bits per heavy atom. The van der Waals surface area contributed by atoms with Gasteiger partial charge in [-0.15, -0.1) is 0 Å². The second-order valence-electron chi connectivity index (χ2n) is 7.88. The molecule has 2 atom stereocenters. The number of fused-ring (bicyclic) bond motifs is 1. The van der Waals surface area contributed by atoms with E-state index in [9.17, 15) is 4.79 Å². The maximum Gasteiger partial charge on any atom is 0.241 e. The number of nitrogens with two attached hydrogens (primary N) is 1. The lowest BCUT2D eigenvalue weighted by Crippen LogP contribution is -2.41. The van der Waals surface area contributed by atoms with Gasteiger partial charge in [-0.3, -0.25) is 9.78 Å². The molecule has 1 amide bonds. The molecule has 0 saturated heterocycles. The second kappa shape index (κ2) is 8.18. The van der Waals surface area contributed by atoms with Crippen LogP contribution in [0.25, 0.3) is 11.1 Å². The Balaban J connectivity index is 1.49. The maximum atomic E-state index is 12.8. The Bertz CT molecular complexity index is 1010. The number of amides is 1. The van der Waals surface area contributed by atoms with Crippen LogP contribution in [0.1, 0.15) is 41.1 Å². The lowest BCUT2D eigenvalue weighted by molar-refractivity contribution is -0.117. The first-order chi connectivity index (χ1) is 14.0.